The second-order valence-corrected chi connectivity index (χ2v) is 7.22. The lowest BCUT2D eigenvalue weighted by Gasteiger charge is -2.34. The smallest absolute Gasteiger partial charge is 0.278 e. The first-order chi connectivity index (χ1) is 16.1. The van der Waals surface area contributed by atoms with Crippen molar-refractivity contribution in [3.63, 3.8) is 0 Å². The minimum Gasteiger partial charge on any atom is -0.493 e. The van der Waals surface area contributed by atoms with E-state index in [4.69, 9.17) is 18.9 Å². The zero-order valence-corrected chi connectivity index (χ0v) is 18.9. The number of amides is 1. The van der Waals surface area contributed by atoms with Gasteiger partial charge in [0.05, 0.1) is 40.2 Å². The van der Waals surface area contributed by atoms with Crippen LogP contribution in [0, 0.1) is 0 Å². The molecule has 0 fully saturated rings. The Labute approximate surface area is 192 Å². The van der Waals surface area contributed by atoms with Gasteiger partial charge in [0.2, 0.25) is 0 Å². The molecule has 0 saturated heterocycles. The van der Waals surface area contributed by atoms with Gasteiger partial charge in [-0.1, -0.05) is 18.2 Å². The van der Waals surface area contributed by atoms with Gasteiger partial charge in [-0.3, -0.25) is 4.79 Å². The lowest BCUT2D eigenvalue weighted by molar-refractivity contribution is 0.0691. The van der Waals surface area contributed by atoms with Gasteiger partial charge in [0.15, 0.2) is 29.2 Å². The zero-order valence-electron chi connectivity index (χ0n) is 18.9. The highest BCUT2D eigenvalue weighted by molar-refractivity contribution is 6.02. The summed E-state index contributed by atoms with van der Waals surface area (Å²) in [7, 11) is 6.30. The van der Waals surface area contributed by atoms with Crippen LogP contribution >= 0.6 is 0 Å². The molecule has 3 aromatic rings. The molecule has 0 aromatic heterocycles. The number of benzene rings is 3. The Morgan fingerprint density at radius 2 is 1.45 bits per heavy atom. The van der Waals surface area contributed by atoms with Gasteiger partial charge in [0.25, 0.3) is 5.91 Å². The average molecular weight is 447 g/mol. The fraction of sp³-hybridized carbons (Fsp3) is 0.200. The maximum Gasteiger partial charge on any atom is 0.278 e. The van der Waals surface area contributed by atoms with Crippen LogP contribution in [0.1, 0.15) is 27.7 Å². The summed E-state index contributed by atoms with van der Waals surface area (Å²) in [4.78, 5) is 13.4. The van der Waals surface area contributed by atoms with Crippen LogP contribution in [0.25, 0.3) is 0 Å². The topological polar surface area (TPSA) is 81.6 Å². The Kier molecular flexibility index (Phi) is 6.35. The number of carbonyl (C=O) groups excluding carboxylic acids is 1. The lowest BCUT2D eigenvalue weighted by Crippen LogP contribution is -2.39. The van der Waals surface area contributed by atoms with Crippen molar-refractivity contribution in [2.45, 2.75) is 6.17 Å². The van der Waals surface area contributed by atoms with Crippen molar-refractivity contribution >= 4 is 17.8 Å². The molecule has 170 valence electrons. The summed E-state index contributed by atoms with van der Waals surface area (Å²) >= 11 is 0. The molecule has 4 rings (SSSR count). The maximum atomic E-state index is 13.4. The molecular formula is C25H25N3O5. The summed E-state index contributed by atoms with van der Waals surface area (Å²) in [5, 5.41) is 9.37. The van der Waals surface area contributed by atoms with Crippen molar-refractivity contribution in [1.82, 2.24) is 5.01 Å². The highest BCUT2D eigenvalue weighted by atomic mass is 16.5. The predicted octanol–water partition coefficient (Wildman–Crippen LogP) is 4.32. The van der Waals surface area contributed by atoms with Crippen molar-refractivity contribution in [3.8, 4) is 23.0 Å². The van der Waals surface area contributed by atoms with Crippen molar-refractivity contribution in [3.05, 3.63) is 77.4 Å². The number of carbonyl (C=O) groups is 1. The molecule has 1 atom stereocenters. The number of ether oxygens (including phenoxy) is 4. The van der Waals surface area contributed by atoms with Gasteiger partial charge < -0.3 is 24.3 Å². The lowest BCUT2D eigenvalue weighted by atomic mass is 10.0. The Balaban J connectivity index is 1.74. The quantitative estimate of drug-likeness (QED) is 0.543. The number of methoxy groups -OCH3 is 4. The summed E-state index contributed by atoms with van der Waals surface area (Å²) in [5.74, 6) is 2.13. The molecule has 3 aromatic carbocycles. The summed E-state index contributed by atoms with van der Waals surface area (Å²) < 4.78 is 21.5. The highest BCUT2D eigenvalue weighted by Gasteiger charge is 2.33. The van der Waals surface area contributed by atoms with E-state index in [1.54, 1.807) is 58.9 Å². The third-order valence-electron chi connectivity index (χ3n) is 5.36. The molecule has 1 aliphatic heterocycles. The molecule has 1 amide bonds. The number of nitrogens with one attached hydrogen (secondary N) is 1. The summed E-state index contributed by atoms with van der Waals surface area (Å²) in [6.07, 6.45) is 1.06. The van der Waals surface area contributed by atoms with E-state index in [-0.39, 0.29) is 5.91 Å². The average Bonchev–Trinajstić information content (AvgIpc) is 2.87. The predicted molar refractivity (Wildman–Crippen MR) is 126 cm³/mol. The molecular weight excluding hydrogens is 422 g/mol. The standard InChI is InChI=1S/C25H25N3O5/c1-30-20-11-9-16(13-22(20)32-3)15-26-28-24(17-10-12-21(31-2)23(14-17)33-4)27-19-8-6-5-7-18(19)25(28)29/h5-15,24,27H,1-4H3/b26-15-/t24-/m1/s1. The van der Waals surface area contributed by atoms with Gasteiger partial charge in [-0.05, 0) is 48.0 Å². The van der Waals surface area contributed by atoms with Crippen LogP contribution in [-0.4, -0.2) is 45.6 Å². The van der Waals surface area contributed by atoms with E-state index in [0.717, 1.165) is 16.8 Å². The van der Waals surface area contributed by atoms with E-state index < -0.39 is 6.17 Å². The Hall–Kier alpha value is -4.20. The van der Waals surface area contributed by atoms with Crippen LogP contribution in [0.2, 0.25) is 0 Å². The minimum atomic E-state index is -0.552. The fourth-order valence-electron chi connectivity index (χ4n) is 3.67. The third-order valence-corrected chi connectivity index (χ3v) is 5.36. The fourth-order valence-corrected chi connectivity index (χ4v) is 3.67. The van der Waals surface area contributed by atoms with Crippen LogP contribution in [-0.2, 0) is 0 Å². The number of hydrogen-bond acceptors (Lipinski definition) is 7. The molecule has 1 N–H and O–H groups in total. The first-order valence-corrected chi connectivity index (χ1v) is 10.3. The molecule has 0 bridgehead atoms. The van der Waals surface area contributed by atoms with E-state index in [9.17, 15) is 4.79 Å². The van der Waals surface area contributed by atoms with Crippen LogP contribution < -0.4 is 24.3 Å². The normalized spacial score (nSPS) is 15.1. The number of fused-ring (bicyclic) bond motifs is 1. The second-order valence-electron chi connectivity index (χ2n) is 7.22. The summed E-state index contributed by atoms with van der Waals surface area (Å²) in [6.45, 7) is 0. The van der Waals surface area contributed by atoms with Crippen LogP contribution in [0.5, 0.6) is 23.0 Å². The van der Waals surface area contributed by atoms with Crippen LogP contribution in [0.3, 0.4) is 0 Å². The zero-order chi connectivity index (χ0) is 23.4. The number of rotatable bonds is 7. The van der Waals surface area contributed by atoms with E-state index in [0.29, 0.717) is 28.6 Å². The van der Waals surface area contributed by atoms with Gasteiger partial charge >= 0.3 is 0 Å². The third kappa shape index (κ3) is 4.27. The molecule has 33 heavy (non-hydrogen) atoms. The SMILES string of the molecule is COc1ccc(/C=N\N2C(=O)c3ccccc3N[C@H]2c2ccc(OC)c(OC)c2)cc1OC. The molecule has 8 heteroatoms. The molecule has 1 aliphatic rings. The molecule has 8 nitrogen and oxygen atoms in total. The van der Waals surface area contributed by atoms with Crippen molar-refractivity contribution in [2.75, 3.05) is 33.8 Å². The highest BCUT2D eigenvalue weighted by Crippen LogP contribution is 2.37. The molecule has 1 heterocycles. The van der Waals surface area contributed by atoms with E-state index in [1.165, 1.54) is 5.01 Å². The summed E-state index contributed by atoms with van der Waals surface area (Å²) in [5.41, 5.74) is 2.82. The number of para-hydroxylation sites is 1. The Bertz CT molecular complexity index is 1190. The Morgan fingerprint density at radius 1 is 0.818 bits per heavy atom. The van der Waals surface area contributed by atoms with Crippen molar-refractivity contribution < 1.29 is 23.7 Å². The Morgan fingerprint density at radius 3 is 2.15 bits per heavy atom. The second kappa shape index (κ2) is 9.52. The van der Waals surface area contributed by atoms with Gasteiger partial charge in [-0.2, -0.15) is 5.10 Å². The number of nitrogens with zero attached hydrogens (tertiary/aromatic N) is 2. The van der Waals surface area contributed by atoms with Gasteiger partial charge in [0.1, 0.15) is 0 Å². The minimum absolute atomic E-state index is 0.221. The van der Waals surface area contributed by atoms with Gasteiger partial charge in [0, 0.05) is 11.3 Å². The largest absolute Gasteiger partial charge is 0.493 e. The number of hydrazone groups is 1. The van der Waals surface area contributed by atoms with E-state index in [1.807, 2.05) is 36.4 Å². The monoisotopic (exact) mass is 447 g/mol. The van der Waals surface area contributed by atoms with E-state index in [2.05, 4.69) is 10.4 Å². The molecule has 0 radical (unpaired) electrons. The van der Waals surface area contributed by atoms with Crippen LogP contribution in [0.15, 0.2) is 65.8 Å². The van der Waals surface area contributed by atoms with E-state index >= 15 is 0 Å². The molecule has 0 saturated carbocycles. The molecule has 0 unspecified atom stereocenters. The van der Waals surface area contributed by atoms with Gasteiger partial charge in [-0.15, -0.1) is 0 Å². The van der Waals surface area contributed by atoms with Crippen molar-refractivity contribution in [2.24, 2.45) is 5.10 Å². The maximum absolute atomic E-state index is 13.4. The number of hydrogen-bond donors (Lipinski definition) is 1. The summed E-state index contributed by atoms with van der Waals surface area (Å²) in [6, 6.07) is 18.3. The van der Waals surface area contributed by atoms with Gasteiger partial charge in [-0.25, -0.2) is 5.01 Å². The first kappa shape index (κ1) is 22.0. The molecule has 0 aliphatic carbocycles. The number of anilines is 1. The van der Waals surface area contributed by atoms with Crippen LogP contribution in [0.4, 0.5) is 5.69 Å². The first-order valence-electron chi connectivity index (χ1n) is 10.3. The molecule has 0 spiro atoms. The van der Waals surface area contributed by atoms with Crippen molar-refractivity contribution in [1.29, 1.82) is 0 Å².